The second-order valence-electron chi connectivity index (χ2n) is 9.36. The van der Waals surface area contributed by atoms with E-state index in [1.807, 2.05) is 4.90 Å². The minimum absolute atomic E-state index is 0.00586. The van der Waals surface area contributed by atoms with Crippen molar-refractivity contribution < 1.29 is 31.6 Å². The highest BCUT2D eigenvalue weighted by atomic mass is 32.2. The Bertz CT molecular complexity index is 1010. The maximum absolute atomic E-state index is 12.8. The van der Waals surface area contributed by atoms with Crippen molar-refractivity contribution in [3.8, 4) is 0 Å². The number of likely N-dealkylation sites (N-methyl/N-ethyl adjacent to an activating group) is 1. The number of hydrogen-bond acceptors (Lipinski definition) is 7. The lowest BCUT2D eigenvalue weighted by atomic mass is 9.58. The number of piperidine rings is 1. The Morgan fingerprint density at radius 1 is 1.32 bits per heavy atom. The summed E-state index contributed by atoms with van der Waals surface area (Å²) < 4.78 is 65.2. The number of aliphatic hydroxyl groups excluding tert-OH is 1. The minimum atomic E-state index is -4.40. The Labute approximate surface area is 197 Å². The molecule has 2 fully saturated rings. The number of anilines is 1. The van der Waals surface area contributed by atoms with Gasteiger partial charge in [0.05, 0.1) is 16.4 Å². The number of alkyl halides is 3. The van der Waals surface area contributed by atoms with Gasteiger partial charge in [0.1, 0.15) is 5.69 Å². The molecule has 1 aromatic rings. The average molecular weight is 509 g/mol. The van der Waals surface area contributed by atoms with Crippen molar-refractivity contribution in [3.05, 3.63) is 27.8 Å². The maximum atomic E-state index is 12.8. The molecule has 2 N–H and O–H groups in total. The number of hydrogen-bond donors (Lipinski definition) is 2. The van der Waals surface area contributed by atoms with Crippen LogP contribution in [0.1, 0.15) is 31.2 Å². The molecule has 34 heavy (non-hydrogen) atoms. The van der Waals surface area contributed by atoms with Gasteiger partial charge in [-0.25, -0.2) is 13.1 Å². The Kier molecular flexibility index (Phi) is 7.80. The number of halogens is 3. The lowest BCUT2D eigenvalue weighted by Gasteiger charge is -2.53. The standard InChI is InChI=1S/C21H31F3N4O5S/c1-15-18(34(32,33)25-9-11-26(2)14-21(22,23)24)5-4-17(19(15)28(30)31)27-10-8-20(6-3-7-20)16(12-27)13-29/h4-5,16,25,29H,3,6-14H2,1-2H3. The van der Waals surface area contributed by atoms with E-state index >= 15 is 0 Å². The third-order valence-corrected chi connectivity index (χ3v) is 8.77. The molecular formula is C21H31F3N4O5S. The van der Waals surface area contributed by atoms with E-state index in [4.69, 9.17) is 0 Å². The van der Waals surface area contributed by atoms with E-state index in [1.165, 1.54) is 26.1 Å². The molecule has 9 nitrogen and oxygen atoms in total. The first-order valence-electron chi connectivity index (χ1n) is 11.2. The molecule has 1 saturated carbocycles. The largest absolute Gasteiger partial charge is 0.401 e. The summed E-state index contributed by atoms with van der Waals surface area (Å²) in [7, 11) is -2.96. The third-order valence-electron chi connectivity index (χ3n) is 7.16. The van der Waals surface area contributed by atoms with Gasteiger partial charge in [-0.2, -0.15) is 13.2 Å². The van der Waals surface area contributed by atoms with E-state index < -0.39 is 27.7 Å². The van der Waals surface area contributed by atoms with E-state index in [-0.39, 0.29) is 47.2 Å². The SMILES string of the molecule is Cc1c(S(=O)(=O)NCCN(C)CC(F)(F)F)ccc(N2CCC3(CCC3)C(CO)C2)c1[N+](=O)[O-]. The number of nitro benzene ring substituents is 1. The van der Waals surface area contributed by atoms with Crippen LogP contribution in [-0.4, -0.2) is 75.9 Å². The molecule has 13 heteroatoms. The lowest BCUT2D eigenvalue weighted by molar-refractivity contribution is -0.384. The van der Waals surface area contributed by atoms with Crippen LogP contribution >= 0.6 is 0 Å². The van der Waals surface area contributed by atoms with Gasteiger partial charge >= 0.3 is 6.18 Å². The average Bonchev–Trinajstić information content (AvgIpc) is 2.69. The van der Waals surface area contributed by atoms with Crippen molar-refractivity contribution in [1.82, 2.24) is 9.62 Å². The number of nitrogens with one attached hydrogen (secondary N) is 1. The van der Waals surface area contributed by atoms with E-state index in [0.29, 0.717) is 18.8 Å². The smallest absolute Gasteiger partial charge is 0.396 e. The zero-order valence-corrected chi connectivity index (χ0v) is 20.1. The summed E-state index contributed by atoms with van der Waals surface area (Å²) in [5.74, 6) is -0.00586. The van der Waals surface area contributed by atoms with Crippen LogP contribution in [0, 0.1) is 28.4 Å². The molecule has 1 unspecified atom stereocenters. The van der Waals surface area contributed by atoms with Gasteiger partial charge in [0.15, 0.2) is 0 Å². The molecule has 2 aliphatic rings. The Hall–Kier alpha value is -1.96. The normalized spacial score (nSPS) is 20.6. The highest BCUT2D eigenvalue weighted by Gasteiger charge is 2.47. The summed E-state index contributed by atoms with van der Waals surface area (Å²) in [6.45, 7) is 0.723. The van der Waals surface area contributed by atoms with Gasteiger partial charge in [0, 0.05) is 44.3 Å². The highest BCUT2D eigenvalue weighted by molar-refractivity contribution is 7.89. The van der Waals surface area contributed by atoms with Gasteiger partial charge in [-0.3, -0.25) is 15.0 Å². The molecule has 0 amide bonds. The molecule has 1 aliphatic carbocycles. The van der Waals surface area contributed by atoms with Crippen molar-refractivity contribution in [2.24, 2.45) is 11.3 Å². The van der Waals surface area contributed by atoms with Gasteiger partial charge in [-0.15, -0.1) is 0 Å². The van der Waals surface area contributed by atoms with Crippen LogP contribution in [-0.2, 0) is 10.0 Å². The number of sulfonamides is 1. The molecule has 1 aromatic carbocycles. The Morgan fingerprint density at radius 3 is 2.53 bits per heavy atom. The monoisotopic (exact) mass is 508 g/mol. The van der Waals surface area contributed by atoms with Gasteiger partial charge in [0.25, 0.3) is 5.69 Å². The first kappa shape index (κ1) is 26.6. The fraction of sp³-hybridized carbons (Fsp3) is 0.714. The second-order valence-corrected chi connectivity index (χ2v) is 11.1. The second kappa shape index (κ2) is 9.96. The van der Waals surface area contributed by atoms with Crippen LogP contribution in [0.5, 0.6) is 0 Å². The highest BCUT2D eigenvalue weighted by Crippen LogP contribution is 2.53. The lowest BCUT2D eigenvalue weighted by Crippen LogP contribution is -2.52. The Morgan fingerprint density at radius 2 is 2.00 bits per heavy atom. The van der Waals surface area contributed by atoms with Crippen molar-refractivity contribution in [3.63, 3.8) is 0 Å². The molecule has 1 saturated heterocycles. The summed E-state index contributed by atoms with van der Waals surface area (Å²) >= 11 is 0. The van der Waals surface area contributed by atoms with Gasteiger partial charge < -0.3 is 10.0 Å². The quantitative estimate of drug-likeness (QED) is 0.389. The van der Waals surface area contributed by atoms with Gasteiger partial charge in [0.2, 0.25) is 10.0 Å². The van der Waals surface area contributed by atoms with Gasteiger partial charge in [-0.05, 0) is 50.8 Å². The topological polar surface area (TPSA) is 116 Å². The molecule has 3 rings (SSSR count). The number of nitrogens with zero attached hydrogens (tertiary/aromatic N) is 3. The van der Waals surface area contributed by atoms with Gasteiger partial charge in [-0.1, -0.05) is 6.42 Å². The number of rotatable bonds is 9. The molecular weight excluding hydrogens is 477 g/mol. The van der Waals surface area contributed by atoms with E-state index in [0.717, 1.165) is 30.6 Å². The fourth-order valence-electron chi connectivity index (χ4n) is 5.15. The molecule has 0 bridgehead atoms. The van der Waals surface area contributed by atoms with Crippen molar-refractivity contribution in [2.45, 2.75) is 43.7 Å². The Balaban J connectivity index is 1.79. The number of benzene rings is 1. The van der Waals surface area contributed by atoms with Crippen LogP contribution in [0.4, 0.5) is 24.5 Å². The molecule has 192 valence electrons. The van der Waals surface area contributed by atoms with Crippen molar-refractivity contribution in [2.75, 3.05) is 51.3 Å². The molecule has 0 radical (unpaired) electrons. The number of aliphatic hydroxyl groups is 1. The zero-order valence-electron chi connectivity index (χ0n) is 19.3. The molecule has 0 aromatic heterocycles. The first-order valence-corrected chi connectivity index (χ1v) is 12.7. The van der Waals surface area contributed by atoms with E-state index in [1.54, 1.807) is 0 Å². The molecule has 1 spiro atoms. The molecule has 1 aliphatic heterocycles. The van der Waals surface area contributed by atoms with Crippen LogP contribution in [0.2, 0.25) is 0 Å². The molecule has 1 heterocycles. The maximum Gasteiger partial charge on any atom is 0.401 e. The fourth-order valence-corrected chi connectivity index (χ4v) is 6.41. The summed E-state index contributed by atoms with van der Waals surface area (Å²) in [5, 5.41) is 21.9. The minimum Gasteiger partial charge on any atom is -0.396 e. The summed E-state index contributed by atoms with van der Waals surface area (Å²) in [4.78, 5) is 13.8. The van der Waals surface area contributed by atoms with E-state index in [2.05, 4.69) is 4.72 Å². The van der Waals surface area contributed by atoms with Crippen LogP contribution in [0.15, 0.2) is 17.0 Å². The number of nitro groups is 1. The van der Waals surface area contributed by atoms with Crippen molar-refractivity contribution >= 4 is 21.4 Å². The zero-order chi connectivity index (χ0) is 25.3. The first-order chi connectivity index (χ1) is 15.8. The van der Waals surface area contributed by atoms with Crippen molar-refractivity contribution in [1.29, 1.82) is 0 Å². The summed E-state index contributed by atoms with van der Waals surface area (Å²) in [6, 6.07) is 2.70. The summed E-state index contributed by atoms with van der Waals surface area (Å²) in [5.41, 5.74) is 0.0297. The molecule has 1 atom stereocenters. The summed E-state index contributed by atoms with van der Waals surface area (Å²) in [6.07, 6.45) is -0.409. The van der Waals surface area contributed by atoms with Crippen LogP contribution < -0.4 is 9.62 Å². The van der Waals surface area contributed by atoms with Crippen LogP contribution in [0.25, 0.3) is 0 Å². The predicted molar refractivity (Wildman–Crippen MR) is 120 cm³/mol. The third kappa shape index (κ3) is 5.64. The predicted octanol–water partition coefficient (Wildman–Crippen LogP) is 2.66. The van der Waals surface area contributed by atoms with Crippen LogP contribution in [0.3, 0.4) is 0 Å². The van der Waals surface area contributed by atoms with E-state index in [9.17, 15) is 36.8 Å².